The Kier molecular flexibility index (Phi) is 2.05. The molecule has 0 aromatic rings. The van der Waals surface area contributed by atoms with E-state index in [1.54, 1.807) is 0 Å². The molecule has 6 aliphatic carbocycles. The fourth-order valence-electron chi connectivity index (χ4n) is 7.60. The zero-order valence-electron chi connectivity index (χ0n) is 12.6. The third-order valence-electron chi connectivity index (χ3n) is 7.73. The van der Waals surface area contributed by atoms with E-state index in [4.69, 9.17) is 14.2 Å². The maximum absolute atomic E-state index is 12.3. The molecule has 6 rings (SSSR count). The number of ether oxygens (including phenoxy) is 3. The van der Waals surface area contributed by atoms with Crippen molar-refractivity contribution in [3.8, 4) is 0 Å². The minimum Gasteiger partial charge on any atom is -0.469 e. The zero-order chi connectivity index (χ0) is 15.5. The van der Waals surface area contributed by atoms with E-state index in [9.17, 15) is 14.4 Å². The largest absolute Gasteiger partial charge is 0.469 e. The van der Waals surface area contributed by atoms with Crippen molar-refractivity contribution in [2.45, 2.75) is 0 Å². The van der Waals surface area contributed by atoms with Crippen LogP contribution in [0.5, 0.6) is 0 Å². The quantitative estimate of drug-likeness (QED) is 0.544. The molecule has 0 amide bonds. The highest BCUT2D eigenvalue weighted by atomic mass is 16.5. The molecule has 6 fully saturated rings. The Morgan fingerprint density at radius 3 is 1.59 bits per heavy atom. The van der Waals surface area contributed by atoms with Gasteiger partial charge in [0.1, 0.15) is 0 Å². The SMILES string of the molecule is COC(=O)[C@H]1C2[C@@H]3C4[C@@H]2[C@H]2C([C@H]3C42C(=O)OC)[C@@H]1C(=O)OC. The van der Waals surface area contributed by atoms with Crippen molar-refractivity contribution in [3.63, 3.8) is 0 Å². The van der Waals surface area contributed by atoms with Gasteiger partial charge in [-0.2, -0.15) is 0 Å². The number of carbonyl (C=O) groups is 3. The first-order valence-corrected chi connectivity index (χ1v) is 7.81. The van der Waals surface area contributed by atoms with Gasteiger partial charge in [0.2, 0.25) is 0 Å². The van der Waals surface area contributed by atoms with Crippen LogP contribution in [0.1, 0.15) is 0 Å². The fourth-order valence-corrected chi connectivity index (χ4v) is 7.60. The zero-order valence-corrected chi connectivity index (χ0v) is 12.6. The van der Waals surface area contributed by atoms with Gasteiger partial charge in [-0.25, -0.2) is 0 Å². The minimum absolute atomic E-state index is 0.0839. The molecule has 0 spiro atoms. The third-order valence-corrected chi connectivity index (χ3v) is 7.73. The van der Waals surface area contributed by atoms with Crippen LogP contribution in [0.25, 0.3) is 0 Å². The second-order valence-electron chi connectivity index (χ2n) is 7.41. The van der Waals surface area contributed by atoms with Gasteiger partial charge in [-0.15, -0.1) is 0 Å². The van der Waals surface area contributed by atoms with Crippen molar-refractivity contribution in [1.29, 1.82) is 0 Å². The number of hydrogen-bond donors (Lipinski definition) is 0. The number of rotatable bonds is 3. The molecule has 0 radical (unpaired) electrons. The number of esters is 3. The summed E-state index contributed by atoms with van der Waals surface area (Å²) in [6.45, 7) is 0. The fraction of sp³-hybridized carbons (Fsp3) is 0.812. The lowest BCUT2D eigenvalue weighted by Crippen LogP contribution is -3.00. The van der Waals surface area contributed by atoms with Crippen molar-refractivity contribution >= 4 is 17.9 Å². The molecule has 6 aliphatic rings. The van der Waals surface area contributed by atoms with Gasteiger partial charge in [-0.3, -0.25) is 14.4 Å². The maximum atomic E-state index is 12.3. The lowest BCUT2D eigenvalue weighted by molar-refractivity contribution is -0.516. The molecule has 0 aliphatic heterocycles. The first kappa shape index (κ1) is 12.9. The van der Waals surface area contributed by atoms with Crippen LogP contribution in [-0.4, -0.2) is 39.2 Å². The molecule has 0 unspecified atom stereocenters. The van der Waals surface area contributed by atoms with E-state index < -0.39 is 11.8 Å². The Morgan fingerprint density at radius 2 is 1.14 bits per heavy atom. The van der Waals surface area contributed by atoms with Crippen LogP contribution in [0.15, 0.2) is 0 Å². The topological polar surface area (TPSA) is 78.9 Å². The summed E-state index contributed by atoms with van der Waals surface area (Å²) in [6, 6.07) is 0. The van der Waals surface area contributed by atoms with Crippen molar-refractivity contribution in [3.05, 3.63) is 0 Å². The molecule has 6 atom stereocenters. The summed E-state index contributed by atoms with van der Waals surface area (Å²) in [5.74, 6) is 0.240. The molecular formula is C16H18O6. The normalized spacial score (nSPS) is 57.1. The average molecular weight is 306 g/mol. The molecule has 2 bridgehead atoms. The first-order chi connectivity index (χ1) is 10.6. The number of hydrogen-bond acceptors (Lipinski definition) is 6. The van der Waals surface area contributed by atoms with E-state index in [2.05, 4.69) is 0 Å². The van der Waals surface area contributed by atoms with E-state index in [1.165, 1.54) is 21.3 Å². The molecule has 118 valence electrons. The van der Waals surface area contributed by atoms with E-state index in [-0.39, 0.29) is 47.0 Å². The lowest BCUT2D eigenvalue weighted by atomic mass is 9.04. The van der Waals surface area contributed by atoms with Crippen LogP contribution >= 0.6 is 0 Å². The summed E-state index contributed by atoms with van der Waals surface area (Å²) in [7, 11) is 4.16. The Morgan fingerprint density at radius 1 is 0.682 bits per heavy atom. The Hall–Kier alpha value is -1.59. The van der Waals surface area contributed by atoms with Crippen LogP contribution < -0.4 is 0 Å². The maximum Gasteiger partial charge on any atom is 0.312 e. The van der Waals surface area contributed by atoms with E-state index >= 15 is 0 Å². The van der Waals surface area contributed by atoms with Crippen molar-refractivity contribution in [1.82, 2.24) is 0 Å². The van der Waals surface area contributed by atoms with Gasteiger partial charge in [-0.05, 0) is 41.4 Å². The van der Waals surface area contributed by atoms with Crippen molar-refractivity contribution in [2.75, 3.05) is 21.3 Å². The summed E-state index contributed by atoms with van der Waals surface area (Å²) in [5, 5.41) is 0. The molecule has 0 saturated heterocycles. The van der Waals surface area contributed by atoms with Gasteiger partial charge in [0.25, 0.3) is 0 Å². The van der Waals surface area contributed by atoms with Crippen LogP contribution in [0, 0.1) is 58.7 Å². The van der Waals surface area contributed by atoms with E-state index in [0.29, 0.717) is 17.8 Å². The first-order valence-electron chi connectivity index (χ1n) is 7.81. The minimum atomic E-state index is -0.455. The van der Waals surface area contributed by atoms with Gasteiger partial charge in [0, 0.05) is 0 Å². The summed E-state index contributed by atoms with van der Waals surface area (Å²) < 4.78 is 14.9. The molecule has 0 N–H and O–H groups in total. The second-order valence-corrected chi connectivity index (χ2v) is 7.41. The van der Waals surface area contributed by atoms with Gasteiger partial charge < -0.3 is 14.2 Å². The Bertz CT molecular complexity index is 602. The van der Waals surface area contributed by atoms with Crippen molar-refractivity contribution in [2.24, 2.45) is 58.7 Å². The van der Waals surface area contributed by atoms with Gasteiger partial charge >= 0.3 is 17.9 Å². The standard InChI is InChI=1S/C16H18O6/c1-20-13(17)5-4-7-10-8(4)12-9(6(5)14(18)21-2)11(7)16(10,12)15(19)22-3/h4-12H,1-3H3/t4?,5-,6+,7+,8+,9?,10?,11-,12-,16?/m0/s1. The number of fused-ring (bicyclic) bond motifs is 1. The predicted molar refractivity (Wildman–Crippen MR) is 69.9 cm³/mol. The van der Waals surface area contributed by atoms with Crippen LogP contribution in [-0.2, 0) is 28.6 Å². The van der Waals surface area contributed by atoms with Crippen LogP contribution in [0.2, 0.25) is 0 Å². The summed E-state index contributed by atoms with van der Waals surface area (Å²) >= 11 is 0. The molecule has 22 heavy (non-hydrogen) atoms. The van der Waals surface area contributed by atoms with E-state index in [1.807, 2.05) is 0 Å². The molecule has 6 heteroatoms. The van der Waals surface area contributed by atoms with Gasteiger partial charge in [0.05, 0.1) is 38.6 Å². The summed E-state index contributed by atoms with van der Waals surface area (Å²) in [5.41, 5.74) is -0.335. The van der Waals surface area contributed by atoms with Crippen LogP contribution in [0.4, 0.5) is 0 Å². The third kappa shape index (κ3) is 0.863. The molecule has 0 aromatic heterocycles. The molecule has 0 heterocycles. The highest BCUT2D eigenvalue weighted by Gasteiger charge is 3.01. The lowest BCUT2D eigenvalue weighted by Gasteiger charge is -2.97. The smallest absolute Gasteiger partial charge is 0.312 e. The van der Waals surface area contributed by atoms with Crippen LogP contribution in [0.3, 0.4) is 0 Å². The van der Waals surface area contributed by atoms with E-state index in [0.717, 1.165) is 0 Å². The monoisotopic (exact) mass is 306 g/mol. The van der Waals surface area contributed by atoms with Crippen molar-refractivity contribution < 1.29 is 28.6 Å². The Balaban J connectivity index is 1.55. The highest BCUT2D eigenvalue weighted by molar-refractivity contribution is 5.90. The molecular weight excluding hydrogens is 288 g/mol. The molecule has 6 saturated carbocycles. The number of carbonyl (C=O) groups excluding carboxylic acids is 3. The number of methoxy groups -OCH3 is 3. The Labute approximate surface area is 127 Å². The highest BCUT2D eigenvalue weighted by Crippen LogP contribution is 2.98. The van der Waals surface area contributed by atoms with Gasteiger partial charge in [0.15, 0.2) is 0 Å². The van der Waals surface area contributed by atoms with Gasteiger partial charge in [-0.1, -0.05) is 0 Å². The second kappa shape index (κ2) is 3.49. The predicted octanol–water partition coefficient (Wildman–Crippen LogP) is 0.106. The molecule has 0 aromatic carbocycles. The average Bonchev–Trinajstić information content (AvgIpc) is 2.52. The summed E-state index contributed by atoms with van der Waals surface area (Å²) in [6.07, 6.45) is 0. The summed E-state index contributed by atoms with van der Waals surface area (Å²) in [4.78, 5) is 36.8. The molecule has 6 nitrogen and oxygen atoms in total.